The van der Waals surface area contributed by atoms with Crippen LogP contribution in [0, 0.1) is 5.92 Å². The van der Waals surface area contributed by atoms with Crippen molar-refractivity contribution >= 4 is 0 Å². The van der Waals surface area contributed by atoms with E-state index >= 15 is 0 Å². The molecule has 1 saturated heterocycles. The summed E-state index contributed by atoms with van der Waals surface area (Å²) in [5.41, 5.74) is 6.65. The third-order valence-corrected chi connectivity index (χ3v) is 3.94. The third kappa shape index (κ3) is 2.94. The molecule has 18 heavy (non-hydrogen) atoms. The number of phenolic OH excluding ortho intramolecular Hbond substituents is 2. The SMILES string of the molecule is CC(c1cc(O)cc(O)c1)N1CCC(CN)CC1. The van der Waals surface area contributed by atoms with Crippen LogP contribution in [0.4, 0.5) is 0 Å². The molecule has 0 aliphatic carbocycles. The van der Waals surface area contributed by atoms with Crippen LogP contribution in [0.2, 0.25) is 0 Å². The summed E-state index contributed by atoms with van der Waals surface area (Å²) >= 11 is 0. The molecule has 2 rings (SSSR count). The topological polar surface area (TPSA) is 69.7 Å². The Morgan fingerprint density at radius 1 is 1.22 bits per heavy atom. The number of hydrogen-bond donors (Lipinski definition) is 3. The zero-order valence-corrected chi connectivity index (χ0v) is 10.8. The first-order valence-electron chi connectivity index (χ1n) is 6.57. The molecule has 0 saturated carbocycles. The summed E-state index contributed by atoms with van der Waals surface area (Å²) in [5, 5.41) is 19.1. The largest absolute Gasteiger partial charge is 0.508 e. The van der Waals surface area contributed by atoms with E-state index < -0.39 is 0 Å². The third-order valence-electron chi connectivity index (χ3n) is 3.94. The quantitative estimate of drug-likeness (QED) is 0.765. The summed E-state index contributed by atoms with van der Waals surface area (Å²) in [6, 6.07) is 5.01. The highest BCUT2D eigenvalue weighted by Crippen LogP contribution is 2.30. The van der Waals surface area contributed by atoms with Gasteiger partial charge >= 0.3 is 0 Å². The predicted molar refractivity (Wildman–Crippen MR) is 71.5 cm³/mol. The first kappa shape index (κ1) is 13.2. The van der Waals surface area contributed by atoms with E-state index in [0.717, 1.165) is 38.0 Å². The molecule has 1 aliphatic heterocycles. The number of nitrogens with two attached hydrogens (primary N) is 1. The maximum absolute atomic E-state index is 9.53. The molecule has 4 N–H and O–H groups in total. The average Bonchev–Trinajstić information content (AvgIpc) is 2.37. The molecule has 1 aromatic carbocycles. The summed E-state index contributed by atoms with van der Waals surface area (Å²) in [7, 11) is 0. The molecule has 100 valence electrons. The summed E-state index contributed by atoms with van der Waals surface area (Å²) in [5.74, 6) is 0.883. The van der Waals surface area contributed by atoms with Crippen molar-refractivity contribution in [3.05, 3.63) is 23.8 Å². The number of nitrogens with zero attached hydrogens (tertiary/aromatic N) is 1. The van der Waals surface area contributed by atoms with Crippen molar-refractivity contribution in [2.24, 2.45) is 11.7 Å². The zero-order valence-electron chi connectivity index (χ0n) is 10.8. The fraction of sp³-hybridized carbons (Fsp3) is 0.571. The van der Waals surface area contributed by atoms with E-state index in [1.807, 2.05) is 0 Å². The van der Waals surface area contributed by atoms with Crippen LogP contribution in [0.1, 0.15) is 31.4 Å². The molecular weight excluding hydrogens is 228 g/mol. The minimum Gasteiger partial charge on any atom is -0.508 e. The second kappa shape index (κ2) is 5.59. The van der Waals surface area contributed by atoms with Crippen molar-refractivity contribution in [2.45, 2.75) is 25.8 Å². The average molecular weight is 250 g/mol. The molecule has 1 fully saturated rings. The van der Waals surface area contributed by atoms with Crippen LogP contribution in [0.15, 0.2) is 18.2 Å². The Kier molecular flexibility index (Phi) is 4.09. The van der Waals surface area contributed by atoms with Crippen molar-refractivity contribution in [3.8, 4) is 11.5 Å². The fourth-order valence-corrected chi connectivity index (χ4v) is 2.65. The van der Waals surface area contributed by atoms with Gasteiger partial charge in [0.1, 0.15) is 11.5 Å². The van der Waals surface area contributed by atoms with Crippen LogP contribution in [-0.2, 0) is 0 Å². The second-order valence-corrected chi connectivity index (χ2v) is 5.17. The summed E-state index contributed by atoms with van der Waals surface area (Å²) < 4.78 is 0. The Hall–Kier alpha value is -1.26. The molecule has 0 spiro atoms. The molecular formula is C14H22N2O2. The van der Waals surface area contributed by atoms with Gasteiger partial charge in [-0.25, -0.2) is 0 Å². The molecule has 1 aromatic rings. The number of piperidine rings is 1. The molecule has 1 heterocycles. The van der Waals surface area contributed by atoms with Gasteiger partial charge in [-0.2, -0.15) is 0 Å². The minimum absolute atomic E-state index is 0.119. The molecule has 1 atom stereocenters. The smallest absolute Gasteiger partial charge is 0.119 e. The van der Waals surface area contributed by atoms with Crippen LogP contribution >= 0.6 is 0 Å². The van der Waals surface area contributed by atoms with Crippen LogP contribution in [0.5, 0.6) is 11.5 Å². The van der Waals surface area contributed by atoms with Gasteiger partial charge in [-0.3, -0.25) is 4.90 Å². The maximum Gasteiger partial charge on any atom is 0.119 e. The van der Waals surface area contributed by atoms with Gasteiger partial charge in [0, 0.05) is 12.1 Å². The Bertz CT molecular complexity index is 381. The standard InChI is InChI=1S/C14H22N2O2/c1-10(12-6-13(17)8-14(18)7-12)16-4-2-11(9-15)3-5-16/h6-8,10-11,17-18H,2-5,9,15H2,1H3. The van der Waals surface area contributed by atoms with E-state index in [1.54, 1.807) is 12.1 Å². The number of aromatic hydroxyl groups is 2. The minimum atomic E-state index is 0.119. The summed E-state index contributed by atoms with van der Waals surface area (Å²) in [4.78, 5) is 2.38. The summed E-state index contributed by atoms with van der Waals surface area (Å²) in [6.45, 7) is 4.94. The lowest BCUT2D eigenvalue weighted by Gasteiger charge is -2.36. The highest BCUT2D eigenvalue weighted by molar-refractivity contribution is 5.38. The monoisotopic (exact) mass is 250 g/mol. The van der Waals surface area contributed by atoms with Crippen LogP contribution < -0.4 is 5.73 Å². The van der Waals surface area contributed by atoms with Crippen molar-refractivity contribution in [3.63, 3.8) is 0 Å². The molecule has 4 nitrogen and oxygen atoms in total. The van der Waals surface area contributed by atoms with E-state index in [4.69, 9.17) is 5.73 Å². The Morgan fingerprint density at radius 3 is 2.28 bits per heavy atom. The normalized spacial score (nSPS) is 19.9. The molecule has 4 heteroatoms. The zero-order chi connectivity index (χ0) is 13.1. The number of phenols is 2. The van der Waals surface area contributed by atoms with Gasteiger partial charge in [0.05, 0.1) is 0 Å². The highest BCUT2D eigenvalue weighted by Gasteiger charge is 2.23. The van der Waals surface area contributed by atoms with Crippen LogP contribution in [0.3, 0.4) is 0 Å². The molecule has 1 unspecified atom stereocenters. The molecule has 0 amide bonds. The van der Waals surface area contributed by atoms with Crippen LogP contribution in [0.25, 0.3) is 0 Å². The van der Waals surface area contributed by atoms with Crippen molar-refractivity contribution < 1.29 is 10.2 Å². The number of benzene rings is 1. The van der Waals surface area contributed by atoms with E-state index in [9.17, 15) is 10.2 Å². The van der Waals surface area contributed by atoms with Gasteiger partial charge in [-0.1, -0.05) is 0 Å². The second-order valence-electron chi connectivity index (χ2n) is 5.17. The fourth-order valence-electron chi connectivity index (χ4n) is 2.65. The van der Waals surface area contributed by atoms with Gasteiger partial charge in [-0.05, 0) is 63.0 Å². The first-order chi connectivity index (χ1) is 8.60. The van der Waals surface area contributed by atoms with Crippen molar-refractivity contribution in [1.82, 2.24) is 4.90 Å². The number of likely N-dealkylation sites (tertiary alicyclic amines) is 1. The van der Waals surface area contributed by atoms with Gasteiger partial charge < -0.3 is 15.9 Å². The highest BCUT2D eigenvalue weighted by atomic mass is 16.3. The number of rotatable bonds is 3. The predicted octanol–water partition coefficient (Wildman–Crippen LogP) is 1.83. The lowest BCUT2D eigenvalue weighted by atomic mass is 9.95. The van der Waals surface area contributed by atoms with Gasteiger partial charge in [0.15, 0.2) is 0 Å². The van der Waals surface area contributed by atoms with Crippen molar-refractivity contribution in [1.29, 1.82) is 0 Å². The van der Waals surface area contributed by atoms with Gasteiger partial charge in [0.25, 0.3) is 0 Å². The Balaban J connectivity index is 2.05. The first-order valence-corrected chi connectivity index (χ1v) is 6.57. The van der Waals surface area contributed by atoms with E-state index in [2.05, 4.69) is 11.8 Å². The molecule has 0 radical (unpaired) electrons. The lowest BCUT2D eigenvalue weighted by Crippen LogP contribution is -2.37. The van der Waals surface area contributed by atoms with Crippen molar-refractivity contribution in [2.75, 3.05) is 19.6 Å². The maximum atomic E-state index is 9.53. The van der Waals surface area contributed by atoms with Crippen LogP contribution in [-0.4, -0.2) is 34.7 Å². The van der Waals surface area contributed by atoms with Gasteiger partial charge in [-0.15, -0.1) is 0 Å². The number of hydrogen-bond acceptors (Lipinski definition) is 4. The van der Waals surface area contributed by atoms with E-state index in [0.29, 0.717) is 5.92 Å². The molecule has 0 bridgehead atoms. The molecule has 0 aromatic heterocycles. The summed E-state index contributed by atoms with van der Waals surface area (Å²) in [6.07, 6.45) is 2.26. The Morgan fingerprint density at radius 2 is 1.78 bits per heavy atom. The van der Waals surface area contributed by atoms with E-state index in [1.165, 1.54) is 6.07 Å². The van der Waals surface area contributed by atoms with E-state index in [-0.39, 0.29) is 17.5 Å². The Labute approximate surface area is 108 Å². The lowest BCUT2D eigenvalue weighted by molar-refractivity contribution is 0.143. The molecule has 1 aliphatic rings. The van der Waals surface area contributed by atoms with Gasteiger partial charge in [0.2, 0.25) is 0 Å².